The van der Waals surface area contributed by atoms with Crippen LogP contribution in [0.2, 0.25) is 0 Å². The summed E-state index contributed by atoms with van der Waals surface area (Å²) in [5.41, 5.74) is 4.41. The minimum absolute atomic E-state index is 0.734. The van der Waals surface area contributed by atoms with E-state index in [0.717, 1.165) is 12.6 Å². The van der Waals surface area contributed by atoms with Crippen molar-refractivity contribution >= 4 is 11.4 Å². The summed E-state index contributed by atoms with van der Waals surface area (Å²) in [7, 11) is 0. The van der Waals surface area contributed by atoms with Crippen LogP contribution in [0.5, 0.6) is 0 Å². The van der Waals surface area contributed by atoms with Gasteiger partial charge in [-0.05, 0) is 43.7 Å². The Bertz CT molecular complexity index is 427. The Hall–Kier alpha value is -1.18. The highest BCUT2D eigenvalue weighted by molar-refractivity contribution is 5.75. The molecule has 1 fully saturated rings. The van der Waals surface area contributed by atoms with Gasteiger partial charge in [0.1, 0.15) is 0 Å². The Labute approximate surface area is 117 Å². The molecule has 1 N–H and O–H groups in total. The van der Waals surface area contributed by atoms with E-state index in [1.165, 1.54) is 68.4 Å². The van der Waals surface area contributed by atoms with Gasteiger partial charge in [0.25, 0.3) is 0 Å². The average molecular weight is 258 g/mol. The van der Waals surface area contributed by atoms with E-state index < -0.39 is 0 Å². The molecular weight excluding hydrogens is 232 g/mol. The molecule has 1 aromatic carbocycles. The lowest BCUT2D eigenvalue weighted by molar-refractivity contribution is 0.556. The predicted octanol–water partition coefficient (Wildman–Crippen LogP) is 4.20. The number of fused-ring (bicyclic) bond motifs is 1. The second kappa shape index (κ2) is 5.85. The number of nitrogens with zero attached hydrogens (tertiary/aromatic N) is 1. The van der Waals surface area contributed by atoms with Crippen molar-refractivity contribution in [2.75, 3.05) is 23.3 Å². The lowest BCUT2D eigenvalue weighted by atomic mass is 10.00. The number of aryl methyl sites for hydroxylation is 1. The summed E-state index contributed by atoms with van der Waals surface area (Å²) in [5, 5.41) is 3.65. The second-order valence-electron chi connectivity index (χ2n) is 5.95. The van der Waals surface area contributed by atoms with Crippen molar-refractivity contribution in [3.05, 3.63) is 23.8 Å². The Balaban J connectivity index is 1.95. The van der Waals surface area contributed by atoms with Crippen LogP contribution in [0.4, 0.5) is 11.4 Å². The molecule has 0 amide bonds. The van der Waals surface area contributed by atoms with Crippen LogP contribution in [-0.2, 0) is 6.42 Å². The lowest BCUT2D eigenvalue weighted by Gasteiger charge is -2.35. The quantitative estimate of drug-likeness (QED) is 0.855. The zero-order valence-corrected chi connectivity index (χ0v) is 12.1. The molecule has 0 spiro atoms. The minimum Gasteiger partial charge on any atom is -0.383 e. The Morgan fingerprint density at radius 2 is 2.16 bits per heavy atom. The number of nitrogens with one attached hydrogen (secondary N) is 1. The summed E-state index contributed by atoms with van der Waals surface area (Å²) in [6.45, 7) is 4.71. The van der Waals surface area contributed by atoms with E-state index in [1.54, 1.807) is 0 Å². The van der Waals surface area contributed by atoms with Crippen molar-refractivity contribution in [1.82, 2.24) is 0 Å². The molecule has 0 bridgehead atoms. The van der Waals surface area contributed by atoms with Gasteiger partial charge >= 0.3 is 0 Å². The van der Waals surface area contributed by atoms with Crippen molar-refractivity contribution in [3.63, 3.8) is 0 Å². The minimum atomic E-state index is 0.734. The number of hydrogen-bond acceptors (Lipinski definition) is 2. The third kappa shape index (κ3) is 2.58. The topological polar surface area (TPSA) is 15.3 Å². The van der Waals surface area contributed by atoms with Crippen molar-refractivity contribution in [1.29, 1.82) is 0 Å². The fourth-order valence-corrected chi connectivity index (χ4v) is 3.65. The first kappa shape index (κ1) is 12.8. The molecule has 1 unspecified atom stereocenters. The average Bonchev–Trinajstić information content (AvgIpc) is 2.71. The summed E-state index contributed by atoms with van der Waals surface area (Å²) in [4.78, 5) is 2.68. The Morgan fingerprint density at radius 1 is 1.21 bits per heavy atom. The molecule has 2 aliphatic heterocycles. The highest BCUT2D eigenvalue weighted by Gasteiger charge is 2.23. The van der Waals surface area contributed by atoms with Crippen LogP contribution in [0.1, 0.15) is 51.0 Å². The molecule has 2 heteroatoms. The molecule has 19 heavy (non-hydrogen) atoms. The molecule has 0 aromatic heterocycles. The first-order valence-corrected chi connectivity index (χ1v) is 8.02. The maximum Gasteiger partial charge on any atom is 0.0610 e. The molecule has 0 aliphatic carbocycles. The van der Waals surface area contributed by atoms with E-state index in [-0.39, 0.29) is 0 Å². The van der Waals surface area contributed by atoms with Gasteiger partial charge in [0.15, 0.2) is 0 Å². The summed E-state index contributed by atoms with van der Waals surface area (Å²) in [6, 6.07) is 7.60. The van der Waals surface area contributed by atoms with Crippen LogP contribution < -0.4 is 10.2 Å². The van der Waals surface area contributed by atoms with E-state index in [0.29, 0.717) is 0 Å². The molecular formula is C17H26N2. The lowest BCUT2D eigenvalue weighted by Crippen LogP contribution is -2.35. The highest BCUT2D eigenvalue weighted by atomic mass is 15.2. The molecule has 2 aliphatic rings. The van der Waals surface area contributed by atoms with Crippen molar-refractivity contribution in [3.8, 4) is 0 Å². The Kier molecular flexibility index (Phi) is 3.95. The van der Waals surface area contributed by atoms with Crippen LogP contribution in [-0.4, -0.2) is 19.1 Å². The van der Waals surface area contributed by atoms with Gasteiger partial charge in [0.05, 0.1) is 11.4 Å². The zero-order valence-electron chi connectivity index (χ0n) is 12.1. The second-order valence-corrected chi connectivity index (χ2v) is 5.95. The normalized spacial score (nSPS) is 23.4. The first-order valence-electron chi connectivity index (χ1n) is 8.02. The van der Waals surface area contributed by atoms with Crippen LogP contribution in [0, 0.1) is 0 Å². The van der Waals surface area contributed by atoms with E-state index >= 15 is 0 Å². The van der Waals surface area contributed by atoms with Crippen molar-refractivity contribution < 1.29 is 0 Å². The number of para-hydroxylation sites is 1. The van der Waals surface area contributed by atoms with Crippen LogP contribution in [0.25, 0.3) is 0 Å². The Morgan fingerprint density at radius 3 is 3.05 bits per heavy atom. The zero-order chi connectivity index (χ0) is 13.1. The van der Waals surface area contributed by atoms with E-state index in [9.17, 15) is 0 Å². The van der Waals surface area contributed by atoms with Gasteiger partial charge in [-0.25, -0.2) is 0 Å². The molecule has 1 saturated heterocycles. The van der Waals surface area contributed by atoms with Gasteiger partial charge in [-0.1, -0.05) is 31.9 Å². The monoisotopic (exact) mass is 258 g/mol. The van der Waals surface area contributed by atoms with Gasteiger partial charge in [0.2, 0.25) is 0 Å². The van der Waals surface area contributed by atoms with Gasteiger partial charge < -0.3 is 10.2 Å². The fraction of sp³-hybridized carbons (Fsp3) is 0.647. The SMILES string of the molecule is CCC1CCCCCN1c1cccc2c1NCCC2. The van der Waals surface area contributed by atoms with Crippen LogP contribution in [0.3, 0.4) is 0 Å². The third-order valence-electron chi connectivity index (χ3n) is 4.71. The van der Waals surface area contributed by atoms with Gasteiger partial charge in [-0.15, -0.1) is 0 Å². The number of anilines is 2. The molecule has 104 valence electrons. The van der Waals surface area contributed by atoms with Crippen LogP contribution >= 0.6 is 0 Å². The largest absolute Gasteiger partial charge is 0.383 e. The molecule has 2 nitrogen and oxygen atoms in total. The molecule has 1 atom stereocenters. The molecule has 3 rings (SSSR count). The molecule has 0 radical (unpaired) electrons. The first-order chi connectivity index (χ1) is 9.40. The third-order valence-corrected chi connectivity index (χ3v) is 4.71. The van der Waals surface area contributed by atoms with Gasteiger partial charge in [-0.2, -0.15) is 0 Å². The highest BCUT2D eigenvalue weighted by Crippen LogP contribution is 2.36. The number of benzene rings is 1. The molecule has 2 heterocycles. The summed E-state index contributed by atoms with van der Waals surface area (Å²) in [5.74, 6) is 0. The van der Waals surface area contributed by atoms with Gasteiger partial charge in [0, 0.05) is 19.1 Å². The van der Waals surface area contributed by atoms with E-state index in [4.69, 9.17) is 0 Å². The standard InChI is InChI=1S/C17H26N2/c1-2-15-10-4-3-5-13-19(15)16-11-6-8-14-9-7-12-18-17(14)16/h6,8,11,15,18H,2-5,7,9-10,12-13H2,1H3. The maximum absolute atomic E-state index is 3.65. The van der Waals surface area contributed by atoms with E-state index in [1.807, 2.05) is 0 Å². The van der Waals surface area contributed by atoms with Crippen LogP contribution in [0.15, 0.2) is 18.2 Å². The maximum atomic E-state index is 3.65. The van der Waals surface area contributed by atoms with Crippen molar-refractivity contribution in [2.24, 2.45) is 0 Å². The van der Waals surface area contributed by atoms with E-state index in [2.05, 4.69) is 35.3 Å². The van der Waals surface area contributed by atoms with Crippen molar-refractivity contribution in [2.45, 2.75) is 57.9 Å². The smallest absolute Gasteiger partial charge is 0.0610 e. The molecule has 0 saturated carbocycles. The predicted molar refractivity (Wildman–Crippen MR) is 83.1 cm³/mol. The van der Waals surface area contributed by atoms with Gasteiger partial charge in [-0.3, -0.25) is 0 Å². The number of hydrogen-bond donors (Lipinski definition) is 1. The molecule has 1 aromatic rings. The summed E-state index contributed by atoms with van der Waals surface area (Å²) >= 11 is 0. The summed E-state index contributed by atoms with van der Waals surface area (Å²) < 4.78 is 0. The fourth-order valence-electron chi connectivity index (χ4n) is 3.65. The number of rotatable bonds is 2. The summed E-state index contributed by atoms with van der Waals surface area (Å²) in [6.07, 6.45) is 9.28.